The molecule has 8 nitrogen and oxygen atoms in total. The topological polar surface area (TPSA) is 86.3 Å². The first-order valence-corrected chi connectivity index (χ1v) is 10.4. The van der Waals surface area contributed by atoms with Crippen LogP contribution in [0.1, 0.15) is 35.7 Å². The van der Waals surface area contributed by atoms with Crippen molar-refractivity contribution in [3.8, 4) is 0 Å². The zero-order valence-electron chi connectivity index (χ0n) is 17.7. The summed E-state index contributed by atoms with van der Waals surface area (Å²) in [5, 5.41) is 6.19. The second-order valence-electron chi connectivity index (χ2n) is 7.27. The minimum Gasteiger partial charge on any atom is -0.368 e. The highest BCUT2D eigenvalue weighted by atomic mass is 127. The smallest absolute Gasteiger partial charge is 0.251 e. The lowest BCUT2D eigenvalue weighted by molar-refractivity contribution is -0.142. The number of benzene rings is 1. The third kappa shape index (κ3) is 6.31. The van der Waals surface area contributed by atoms with Gasteiger partial charge in [-0.3, -0.25) is 14.6 Å². The lowest BCUT2D eigenvalue weighted by Gasteiger charge is -2.37. The summed E-state index contributed by atoms with van der Waals surface area (Å²) in [5.74, 6) is 0.857. The van der Waals surface area contributed by atoms with E-state index in [1.807, 2.05) is 36.1 Å². The van der Waals surface area contributed by atoms with Crippen molar-refractivity contribution in [2.24, 2.45) is 4.99 Å². The Kier molecular flexibility index (Phi) is 9.83. The van der Waals surface area contributed by atoms with Crippen LogP contribution in [-0.2, 0) is 16.1 Å². The quantitative estimate of drug-likeness (QED) is 0.343. The molecule has 2 fully saturated rings. The van der Waals surface area contributed by atoms with E-state index >= 15 is 0 Å². The average Bonchev–Trinajstić information content (AvgIpc) is 3.29. The molecular weight excluding hydrogens is 497 g/mol. The summed E-state index contributed by atoms with van der Waals surface area (Å²) >= 11 is 0. The van der Waals surface area contributed by atoms with E-state index in [1.54, 1.807) is 7.05 Å². The second kappa shape index (κ2) is 12.1. The van der Waals surface area contributed by atoms with Crippen LogP contribution in [0.15, 0.2) is 29.3 Å². The van der Waals surface area contributed by atoms with Crippen LogP contribution in [0.5, 0.6) is 0 Å². The number of ether oxygens (including phenoxy) is 1. The number of carbonyl (C=O) groups is 2. The van der Waals surface area contributed by atoms with Gasteiger partial charge in [0.25, 0.3) is 11.8 Å². The summed E-state index contributed by atoms with van der Waals surface area (Å²) in [4.78, 5) is 33.0. The Balaban J connectivity index is 0.00000320. The highest BCUT2D eigenvalue weighted by molar-refractivity contribution is 14.0. The van der Waals surface area contributed by atoms with Crippen molar-refractivity contribution in [3.05, 3.63) is 35.4 Å². The van der Waals surface area contributed by atoms with Crippen molar-refractivity contribution in [1.82, 2.24) is 20.4 Å². The molecule has 0 radical (unpaired) electrons. The van der Waals surface area contributed by atoms with Crippen molar-refractivity contribution < 1.29 is 14.3 Å². The van der Waals surface area contributed by atoms with Gasteiger partial charge in [0.15, 0.2) is 5.96 Å². The Morgan fingerprint density at radius 3 is 2.53 bits per heavy atom. The maximum Gasteiger partial charge on any atom is 0.251 e. The summed E-state index contributed by atoms with van der Waals surface area (Å²) in [7, 11) is 1.76. The molecular formula is C21H32IN5O3. The molecule has 1 aromatic rings. The lowest BCUT2D eigenvalue weighted by atomic mass is 10.1. The third-order valence-electron chi connectivity index (χ3n) is 5.28. The van der Waals surface area contributed by atoms with Crippen molar-refractivity contribution in [2.45, 2.75) is 32.4 Å². The second-order valence-corrected chi connectivity index (χ2v) is 7.27. The van der Waals surface area contributed by atoms with Crippen LogP contribution in [0.2, 0.25) is 0 Å². The molecule has 0 saturated carbocycles. The number of halogens is 1. The number of guanidine groups is 1. The molecule has 1 unspecified atom stereocenters. The molecule has 30 heavy (non-hydrogen) atoms. The van der Waals surface area contributed by atoms with Crippen molar-refractivity contribution in [3.63, 3.8) is 0 Å². The van der Waals surface area contributed by atoms with E-state index in [2.05, 4.69) is 20.5 Å². The summed E-state index contributed by atoms with van der Waals surface area (Å²) in [5.41, 5.74) is 1.67. The first-order valence-electron chi connectivity index (χ1n) is 10.4. The van der Waals surface area contributed by atoms with Crippen molar-refractivity contribution >= 4 is 41.8 Å². The van der Waals surface area contributed by atoms with E-state index in [9.17, 15) is 9.59 Å². The first-order chi connectivity index (χ1) is 14.1. The minimum absolute atomic E-state index is 0. The molecule has 0 aromatic heterocycles. The predicted octanol–water partition coefficient (Wildman–Crippen LogP) is 1.45. The number of carbonyl (C=O) groups excluding carboxylic acids is 2. The fourth-order valence-corrected chi connectivity index (χ4v) is 3.71. The molecule has 1 aromatic carbocycles. The number of hydrogen-bond acceptors (Lipinski definition) is 4. The van der Waals surface area contributed by atoms with Crippen LogP contribution in [0, 0.1) is 0 Å². The van der Waals surface area contributed by atoms with Crippen molar-refractivity contribution in [1.29, 1.82) is 0 Å². The molecule has 2 heterocycles. The van der Waals surface area contributed by atoms with Gasteiger partial charge in [0.2, 0.25) is 0 Å². The van der Waals surface area contributed by atoms with E-state index < -0.39 is 0 Å². The fourth-order valence-electron chi connectivity index (χ4n) is 3.71. The van der Waals surface area contributed by atoms with Crippen LogP contribution >= 0.6 is 24.0 Å². The standard InChI is InChI=1S/C21H31N5O3.HI/c1-3-23-19(27)17-7-4-6-16(14-17)15-24-21(22-2)26-11-9-25(10-12-26)20(28)18-8-5-13-29-18;/h4,6-7,14,18H,3,5,8-13,15H2,1-2H3,(H,22,24)(H,23,27);1H. The average molecular weight is 529 g/mol. The summed E-state index contributed by atoms with van der Waals surface area (Å²) in [6, 6.07) is 7.58. The van der Waals surface area contributed by atoms with Gasteiger partial charge in [0, 0.05) is 58.5 Å². The molecule has 2 amide bonds. The monoisotopic (exact) mass is 529 g/mol. The largest absolute Gasteiger partial charge is 0.368 e. The van der Waals surface area contributed by atoms with Crippen LogP contribution in [-0.4, -0.2) is 80.1 Å². The highest BCUT2D eigenvalue weighted by Gasteiger charge is 2.30. The van der Waals surface area contributed by atoms with Gasteiger partial charge in [-0.1, -0.05) is 12.1 Å². The van der Waals surface area contributed by atoms with Gasteiger partial charge in [-0.15, -0.1) is 24.0 Å². The SMILES string of the molecule is CCNC(=O)c1cccc(CNC(=NC)N2CCN(C(=O)C3CCCO3)CC2)c1.I. The minimum atomic E-state index is -0.254. The molecule has 1 atom stereocenters. The highest BCUT2D eigenvalue weighted by Crippen LogP contribution is 2.16. The van der Waals surface area contributed by atoms with Gasteiger partial charge in [-0.25, -0.2) is 0 Å². The van der Waals surface area contributed by atoms with Crippen molar-refractivity contribution in [2.75, 3.05) is 46.4 Å². The Morgan fingerprint density at radius 2 is 1.90 bits per heavy atom. The summed E-state index contributed by atoms with van der Waals surface area (Å²) < 4.78 is 5.52. The number of nitrogens with one attached hydrogen (secondary N) is 2. The zero-order valence-corrected chi connectivity index (χ0v) is 20.1. The van der Waals surface area contributed by atoms with E-state index in [4.69, 9.17) is 4.74 Å². The van der Waals surface area contributed by atoms with E-state index in [0.717, 1.165) is 37.5 Å². The van der Waals surface area contributed by atoms with Crippen LogP contribution in [0.25, 0.3) is 0 Å². The normalized spacial score (nSPS) is 19.3. The molecule has 2 saturated heterocycles. The Bertz CT molecular complexity index is 744. The molecule has 2 aliphatic rings. The van der Waals surface area contributed by atoms with Gasteiger partial charge < -0.3 is 25.2 Å². The molecule has 166 valence electrons. The van der Waals surface area contributed by atoms with Gasteiger partial charge in [-0.2, -0.15) is 0 Å². The maximum absolute atomic E-state index is 12.5. The Morgan fingerprint density at radius 1 is 1.17 bits per heavy atom. The summed E-state index contributed by atoms with van der Waals surface area (Å²) in [6.45, 7) is 6.59. The molecule has 0 aliphatic carbocycles. The van der Waals surface area contributed by atoms with Gasteiger partial charge in [0.05, 0.1) is 0 Å². The predicted molar refractivity (Wildman–Crippen MR) is 127 cm³/mol. The van der Waals surface area contributed by atoms with Gasteiger partial charge >= 0.3 is 0 Å². The third-order valence-corrected chi connectivity index (χ3v) is 5.28. The molecule has 2 N–H and O–H groups in total. The van der Waals surface area contributed by atoms with E-state index in [1.165, 1.54) is 0 Å². The Labute approximate surface area is 195 Å². The molecule has 0 bridgehead atoms. The van der Waals surface area contributed by atoms with Crippen LogP contribution < -0.4 is 10.6 Å². The number of aliphatic imine (C=N–C) groups is 1. The molecule has 9 heteroatoms. The molecule has 3 rings (SSSR count). The fraction of sp³-hybridized carbons (Fsp3) is 0.571. The zero-order chi connectivity index (χ0) is 20.6. The molecule has 2 aliphatic heterocycles. The van der Waals surface area contributed by atoms with Gasteiger partial charge in [0.1, 0.15) is 6.10 Å². The van der Waals surface area contributed by atoms with Crippen LogP contribution in [0.4, 0.5) is 0 Å². The van der Waals surface area contributed by atoms with E-state index in [-0.39, 0.29) is 41.9 Å². The maximum atomic E-state index is 12.5. The number of hydrogen-bond donors (Lipinski definition) is 2. The lowest BCUT2D eigenvalue weighted by Crippen LogP contribution is -2.55. The molecule has 0 spiro atoms. The van der Waals surface area contributed by atoms with Crippen LogP contribution in [0.3, 0.4) is 0 Å². The number of amides is 2. The Hall–Kier alpha value is -1.88. The number of nitrogens with zero attached hydrogens (tertiary/aromatic N) is 3. The van der Waals surface area contributed by atoms with Gasteiger partial charge in [-0.05, 0) is 37.5 Å². The number of piperazine rings is 1. The van der Waals surface area contributed by atoms with E-state index in [0.29, 0.717) is 38.3 Å². The first kappa shape index (κ1) is 24.4. The number of rotatable bonds is 5. The summed E-state index contributed by atoms with van der Waals surface area (Å²) in [6.07, 6.45) is 1.54.